The Morgan fingerprint density at radius 1 is 1.21 bits per heavy atom. The molecule has 0 saturated heterocycles. The zero-order chi connectivity index (χ0) is 10.6. The fourth-order valence-electron chi connectivity index (χ4n) is 1.31. The van der Waals surface area contributed by atoms with Crippen molar-refractivity contribution in [2.75, 3.05) is 20.8 Å². The highest BCUT2D eigenvalue weighted by atomic mass is 79.9. The molecule has 0 spiro atoms. The summed E-state index contributed by atoms with van der Waals surface area (Å²) in [5.41, 5.74) is 6.58. The van der Waals surface area contributed by atoms with Crippen LogP contribution in [0.15, 0.2) is 16.6 Å². The Morgan fingerprint density at radius 3 is 2.29 bits per heavy atom. The van der Waals surface area contributed by atoms with Crippen molar-refractivity contribution in [1.82, 2.24) is 0 Å². The van der Waals surface area contributed by atoms with E-state index >= 15 is 0 Å². The summed E-state index contributed by atoms with van der Waals surface area (Å²) in [7, 11) is 3.28. The van der Waals surface area contributed by atoms with E-state index in [4.69, 9.17) is 15.2 Å². The molecule has 0 aliphatic heterocycles. The van der Waals surface area contributed by atoms with Gasteiger partial charge in [0.2, 0.25) is 0 Å². The maximum Gasteiger partial charge on any atom is 0.133 e. The van der Waals surface area contributed by atoms with E-state index in [2.05, 4.69) is 15.9 Å². The predicted octanol–water partition coefficient (Wildman–Crippen LogP) is 1.97. The standard InChI is InChI=1S/C10H14BrNO2/c1-13-8-3-4-9(14-2)10(11)7(8)5-6-12/h3-4H,5-6,12H2,1-2H3. The number of halogens is 1. The van der Waals surface area contributed by atoms with Gasteiger partial charge in [-0.1, -0.05) is 0 Å². The minimum atomic E-state index is 0.585. The van der Waals surface area contributed by atoms with Gasteiger partial charge in [0.05, 0.1) is 18.7 Å². The summed E-state index contributed by atoms with van der Waals surface area (Å²) >= 11 is 3.47. The first kappa shape index (κ1) is 11.3. The molecule has 78 valence electrons. The van der Waals surface area contributed by atoms with Crippen molar-refractivity contribution in [3.05, 3.63) is 22.2 Å². The first-order chi connectivity index (χ1) is 6.74. The van der Waals surface area contributed by atoms with E-state index in [0.717, 1.165) is 28.0 Å². The summed E-state index contributed by atoms with van der Waals surface area (Å²) < 4.78 is 11.3. The smallest absolute Gasteiger partial charge is 0.133 e. The third-order valence-electron chi connectivity index (χ3n) is 2.00. The molecular formula is C10H14BrNO2. The van der Waals surface area contributed by atoms with Crippen LogP contribution in [0, 0.1) is 0 Å². The van der Waals surface area contributed by atoms with Gasteiger partial charge in [0.15, 0.2) is 0 Å². The van der Waals surface area contributed by atoms with Crippen molar-refractivity contribution >= 4 is 15.9 Å². The molecule has 0 atom stereocenters. The van der Waals surface area contributed by atoms with Gasteiger partial charge in [0.1, 0.15) is 11.5 Å². The van der Waals surface area contributed by atoms with Gasteiger partial charge in [-0.15, -0.1) is 0 Å². The zero-order valence-corrected chi connectivity index (χ0v) is 9.93. The summed E-state index contributed by atoms with van der Waals surface area (Å²) in [5, 5.41) is 0. The minimum Gasteiger partial charge on any atom is -0.496 e. The number of hydrogen-bond acceptors (Lipinski definition) is 3. The summed E-state index contributed by atoms with van der Waals surface area (Å²) in [5.74, 6) is 1.64. The monoisotopic (exact) mass is 259 g/mol. The molecule has 0 fully saturated rings. The molecule has 0 bridgehead atoms. The SMILES string of the molecule is COc1ccc(OC)c(CCN)c1Br. The van der Waals surface area contributed by atoms with Gasteiger partial charge in [0.25, 0.3) is 0 Å². The molecule has 3 nitrogen and oxygen atoms in total. The number of methoxy groups -OCH3 is 2. The van der Waals surface area contributed by atoms with Crippen LogP contribution in [0.2, 0.25) is 0 Å². The number of nitrogens with two attached hydrogens (primary N) is 1. The number of rotatable bonds is 4. The number of benzene rings is 1. The van der Waals surface area contributed by atoms with E-state index in [9.17, 15) is 0 Å². The van der Waals surface area contributed by atoms with Crippen LogP contribution in [0.3, 0.4) is 0 Å². The van der Waals surface area contributed by atoms with Crippen LogP contribution in [-0.4, -0.2) is 20.8 Å². The molecule has 1 aromatic carbocycles. The summed E-state index contributed by atoms with van der Waals surface area (Å²) in [6, 6.07) is 3.75. The fraction of sp³-hybridized carbons (Fsp3) is 0.400. The van der Waals surface area contributed by atoms with E-state index in [1.54, 1.807) is 14.2 Å². The summed E-state index contributed by atoms with van der Waals surface area (Å²) in [6.45, 7) is 0.585. The second-order valence-corrected chi connectivity index (χ2v) is 3.59. The molecular weight excluding hydrogens is 246 g/mol. The van der Waals surface area contributed by atoms with Crippen molar-refractivity contribution < 1.29 is 9.47 Å². The van der Waals surface area contributed by atoms with Gasteiger partial charge in [-0.05, 0) is 41.0 Å². The highest BCUT2D eigenvalue weighted by molar-refractivity contribution is 9.10. The average Bonchev–Trinajstić information content (AvgIpc) is 2.21. The van der Waals surface area contributed by atoms with Gasteiger partial charge < -0.3 is 15.2 Å². The fourth-order valence-corrected chi connectivity index (χ4v) is 2.00. The van der Waals surface area contributed by atoms with E-state index in [-0.39, 0.29) is 0 Å². The lowest BCUT2D eigenvalue weighted by molar-refractivity contribution is 0.396. The van der Waals surface area contributed by atoms with Crippen LogP contribution in [-0.2, 0) is 6.42 Å². The number of hydrogen-bond donors (Lipinski definition) is 1. The van der Waals surface area contributed by atoms with Gasteiger partial charge in [-0.25, -0.2) is 0 Å². The lowest BCUT2D eigenvalue weighted by atomic mass is 10.1. The van der Waals surface area contributed by atoms with Crippen LogP contribution in [0.5, 0.6) is 11.5 Å². The topological polar surface area (TPSA) is 44.5 Å². The molecule has 0 aromatic heterocycles. The predicted molar refractivity (Wildman–Crippen MR) is 60.0 cm³/mol. The van der Waals surface area contributed by atoms with E-state index in [1.165, 1.54) is 0 Å². The van der Waals surface area contributed by atoms with Crippen LogP contribution in [0.4, 0.5) is 0 Å². The quantitative estimate of drug-likeness (QED) is 0.900. The van der Waals surface area contributed by atoms with E-state index in [1.807, 2.05) is 12.1 Å². The van der Waals surface area contributed by atoms with Crippen molar-refractivity contribution in [2.24, 2.45) is 5.73 Å². The molecule has 14 heavy (non-hydrogen) atoms. The van der Waals surface area contributed by atoms with Gasteiger partial charge in [-0.3, -0.25) is 0 Å². The van der Waals surface area contributed by atoms with Crippen molar-refractivity contribution in [1.29, 1.82) is 0 Å². The molecule has 2 N–H and O–H groups in total. The highest BCUT2D eigenvalue weighted by Gasteiger charge is 2.11. The maximum atomic E-state index is 5.53. The van der Waals surface area contributed by atoms with E-state index in [0.29, 0.717) is 6.54 Å². The minimum absolute atomic E-state index is 0.585. The molecule has 1 aromatic rings. The normalized spacial score (nSPS) is 10.0. The Morgan fingerprint density at radius 2 is 1.79 bits per heavy atom. The average molecular weight is 260 g/mol. The second kappa shape index (κ2) is 5.22. The molecule has 0 saturated carbocycles. The summed E-state index contributed by atoms with van der Waals surface area (Å²) in [6.07, 6.45) is 0.765. The maximum absolute atomic E-state index is 5.53. The Labute approximate surface area is 92.3 Å². The molecule has 0 amide bonds. The third-order valence-corrected chi connectivity index (χ3v) is 2.87. The second-order valence-electron chi connectivity index (χ2n) is 2.80. The number of ether oxygens (including phenoxy) is 2. The lowest BCUT2D eigenvalue weighted by Crippen LogP contribution is -2.05. The zero-order valence-electron chi connectivity index (χ0n) is 8.34. The van der Waals surface area contributed by atoms with Crippen LogP contribution in [0.1, 0.15) is 5.56 Å². The molecule has 0 heterocycles. The van der Waals surface area contributed by atoms with Crippen molar-refractivity contribution in [3.8, 4) is 11.5 Å². The molecule has 0 unspecified atom stereocenters. The highest BCUT2D eigenvalue weighted by Crippen LogP contribution is 2.34. The Bertz CT molecular complexity index is 315. The van der Waals surface area contributed by atoms with Crippen LogP contribution >= 0.6 is 15.9 Å². The molecule has 0 aliphatic rings. The Kier molecular flexibility index (Phi) is 4.22. The van der Waals surface area contributed by atoms with Gasteiger partial charge in [0, 0.05) is 5.56 Å². The van der Waals surface area contributed by atoms with Crippen molar-refractivity contribution in [2.45, 2.75) is 6.42 Å². The third kappa shape index (κ3) is 2.19. The largest absolute Gasteiger partial charge is 0.496 e. The molecule has 0 radical (unpaired) electrons. The van der Waals surface area contributed by atoms with Crippen molar-refractivity contribution in [3.63, 3.8) is 0 Å². The first-order valence-corrected chi connectivity index (χ1v) is 5.13. The first-order valence-electron chi connectivity index (χ1n) is 4.34. The van der Waals surface area contributed by atoms with Gasteiger partial charge in [-0.2, -0.15) is 0 Å². The lowest BCUT2D eigenvalue weighted by Gasteiger charge is -2.12. The van der Waals surface area contributed by atoms with Crippen LogP contribution in [0.25, 0.3) is 0 Å². The molecule has 1 rings (SSSR count). The molecule has 4 heteroatoms. The summed E-state index contributed by atoms with van der Waals surface area (Å²) in [4.78, 5) is 0. The molecule has 0 aliphatic carbocycles. The van der Waals surface area contributed by atoms with Crippen LogP contribution < -0.4 is 15.2 Å². The Hall–Kier alpha value is -0.740. The Balaban J connectivity index is 3.16. The van der Waals surface area contributed by atoms with E-state index < -0.39 is 0 Å². The van der Waals surface area contributed by atoms with Gasteiger partial charge >= 0.3 is 0 Å².